The molecule has 0 fully saturated rings. The molecule has 2 aromatic heterocycles. The van der Waals surface area contributed by atoms with E-state index in [1.807, 2.05) is 55.5 Å². The van der Waals surface area contributed by atoms with Crippen molar-refractivity contribution in [3.05, 3.63) is 89.3 Å². The van der Waals surface area contributed by atoms with Crippen molar-refractivity contribution < 1.29 is 4.74 Å². The summed E-state index contributed by atoms with van der Waals surface area (Å²) >= 11 is 0. The lowest BCUT2D eigenvalue weighted by atomic mass is 10.00. The van der Waals surface area contributed by atoms with Gasteiger partial charge in [-0.15, -0.1) is 0 Å². The van der Waals surface area contributed by atoms with Crippen LogP contribution in [-0.4, -0.2) is 21.6 Å². The van der Waals surface area contributed by atoms with Gasteiger partial charge in [0, 0.05) is 11.9 Å². The average molecular weight is 408 g/mol. The third-order valence-corrected chi connectivity index (χ3v) is 5.10. The fourth-order valence-electron chi connectivity index (χ4n) is 3.66. The van der Waals surface area contributed by atoms with Crippen LogP contribution < -0.4 is 15.6 Å². The molecule has 0 amide bonds. The van der Waals surface area contributed by atoms with Crippen LogP contribution in [0.5, 0.6) is 5.75 Å². The predicted molar refractivity (Wildman–Crippen MR) is 124 cm³/mol. The number of nitrogens with one attached hydrogen (secondary N) is 2. The Labute approximate surface area is 178 Å². The lowest BCUT2D eigenvalue weighted by Crippen LogP contribution is -2.13. The number of anilines is 2. The van der Waals surface area contributed by atoms with Gasteiger partial charge in [0.2, 0.25) is 5.95 Å². The number of rotatable bonds is 5. The van der Waals surface area contributed by atoms with Crippen molar-refractivity contribution >= 4 is 33.4 Å². The standard InChI is InChI=1S/C25H20N4O2/c1-2-31-20-11-9-19(10-12-20)27-25-28-23-22(24(30)29-25)21(13-14-26-23)18-8-7-16-5-3-4-6-17(16)15-18/h3-15H,2H2,1H3,(H2,26,27,28,29,30). The second-order valence-corrected chi connectivity index (χ2v) is 7.12. The van der Waals surface area contributed by atoms with E-state index in [1.165, 1.54) is 0 Å². The number of hydrogen-bond acceptors (Lipinski definition) is 5. The van der Waals surface area contributed by atoms with Gasteiger partial charge in [0.05, 0.1) is 12.0 Å². The molecule has 0 aliphatic rings. The SMILES string of the molecule is CCOc1ccc(Nc2nc3nccc(-c4ccc5ccccc5c4)c3c(=O)[nH]2)cc1. The van der Waals surface area contributed by atoms with Gasteiger partial charge in [-0.2, -0.15) is 4.98 Å². The molecule has 6 heteroatoms. The van der Waals surface area contributed by atoms with Crippen molar-refractivity contribution in [3.63, 3.8) is 0 Å². The first-order valence-corrected chi connectivity index (χ1v) is 10.1. The Kier molecular flexibility index (Phi) is 4.80. The Morgan fingerprint density at radius 1 is 0.968 bits per heavy atom. The number of fused-ring (bicyclic) bond motifs is 2. The number of hydrogen-bond donors (Lipinski definition) is 2. The molecule has 0 radical (unpaired) electrons. The van der Waals surface area contributed by atoms with Gasteiger partial charge in [-0.05, 0) is 65.2 Å². The summed E-state index contributed by atoms with van der Waals surface area (Å²) in [5.74, 6) is 1.12. The van der Waals surface area contributed by atoms with E-state index in [-0.39, 0.29) is 5.56 Å². The van der Waals surface area contributed by atoms with Gasteiger partial charge >= 0.3 is 0 Å². The summed E-state index contributed by atoms with van der Waals surface area (Å²) in [6, 6.07) is 23.6. The molecule has 0 saturated heterocycles. The first-order chi connectivity index (χ1) is 15.2. The van der Waals surface area contributed by atoms with Crippen molar-refractivity contribution in [2.75, 3.05) is 11.9 Å². The molecule has 152 valence electrons. The molecule has 0 aliphatic heterocycles. The van der Waals surface area contributed by atoms with E-state index in [2.05, 4.69) is 44.5 Å². The van der Waals surface area contributed by atoms with Crippen LogP contribution in [0, 0.1) is 0 Å². The Hall–Kier alpha value is -4.19. The number of aromatic nitrogens is 3. The molecule has 2 N–H and O–H groups in total. The smallest absolute Gasteiger partial charge is 0.262 e. The number of H-pyrrole nitrogens is 1. The van der Waals surface area contributed by atoms with E-state index in [4.69, 9.17) is 4.74 Å². The molecule has 2 heterocycles. The van der Waals surface area contributed by atoms with Crippen LogP contribution in [0.2, 0.25) is 0 Å². The highest BCUT2D eigenvalue weighted by atomic mass is 16.5. The highest BCUT2D eigenvalue weighted by Gasteiger charge is 2.12. The third-order valence-electron chi connectivity index (χ3n) is 5.10. The molecule has 5 rings (SSSR count). The zero-order chi connectivity index (χ0) is 21.2. The topological polar surface area (TPSA) is 79.9 Å². The maximum Gasteiger partial charge on any atom is 0.262 e. The molecule has 0 spiro atoms. The number of benzene rings is 3. The summed E-state index contributed by atoms with van der Waals surface area (Å²) in [7, 11) is 0. The van der Waals surface area contributed by atoms with Crippen LogP contribution >= 0.6 is 0 Å². The van der Waals surface area contributed by atoms with Crippen molar-refractivity contribution in [1.29, 1.82) is 0 Å². The lowest BCUT2D eigenvalue weighted by Gasteiger charge is -2.10. The first-order valence-electron chi connectivity index (χ1n) is 10.1. The van der Waals surface area contributed by atoms with Crippen molar-refractivity contribution in [3.8, 4) is 16.9 Å². The van der Waals surface area contributed by atoms with Crippen molar-refractivity contribution in [2.24, 2.45) is 0 Å². The highest BCUT2D eigenvalue weighted by molar-refractivity contribution is 5.95. The minimum Gasteiger partial charge on any atom is -0.494 e. The first kappa shape index (κ1) is 18.8. The number of pyridine rings is 1. The quantitative estimate of drug-likeness (QED) is 0.414. The lowest BCUT2D eigenvalue weighted by molar-refractivity contribution is 0.340. The molecule has 0 bridgehead atoms. The second-order valence-electron chi connectivity index (χ2n) is 7.12. The average Bonchev–Trinajstić information content (AvgIpc) is 2.80. The van der Waals surface area contributed by atoms with E-state index in [1.54, 1.807) is 6.20 Å². The number of aromatic amines is 1. The summed E-state index contributed by atoms with van der Waals surface area (Å²) < 4.78 is 5.46. The summed E-state index contributed by atoms with van der Waals surface area (Å²) in [6.07, 6.45) is 1.68. The summed E-state index contributed by atoms with van der Waals surface area (Å²) in [6.45, 7) is 2.55. The van der Waals surface area contributed by atoms with E-state index in [0.29, 0.717) is 23.6 Å². The molecule has 31 heavy (non-hydrogen) atoms. The van der Waals surface area contributed by atoms with E-state index in [0.717, 1.165) is 33.3 Å². The zero-order valence-electron chi connectivity index (χ0n) is 16.9. The van der Waals surface area contributed by atoms with Crippen LogP contribution in [0.15, 0.2) is 83.8 Å². The van der Waals surface area contributed by atoms with Crippen molar-refractivity contribution in [2.45, 2.75) is 6.92 Å². The van der Waals surface area contributed by atoms with Crippen LogP contribution in [0.3, 0.4) is 0 Å². The third kappa shape index (κ3) is 3.71. The van der Waals surface area contributed by atoms with E-state index in [9.17, 15) is 4.79 Å². The molecular formula is C25H20N4O2. The fourth-order valence-corrected chi connectivity index (χ4v) is 3.66. The zero-order valence-corrected chi connectivity index (χ0v) is 16.9. The monoisotopic (exact) mass is 408 g/mol. The van der Waals surface area contributed by atoms with Gasteiger partial charge < -0.3 is 10.1 Å². The Balaban J connectivity index is 1.54. The van der Waals surface area contributed by atoms with Gasteiger partial charge in [0.25, 0.3) is 5.56 Å². The summed E-state index contributed by atoms with van der Waals surface area (Å²) in [5.41, 5.74) is 2.69. The molecule has 3 aromatic carbocycles. The number of nitrogens with zero attached hydrogens (tertiary/aromatic N) is 2. The predicted octanol–water partition coefficient (Wildman–Crippen LogP) is 5.28. The maximum absolute atomic E-state index is 13.0. The van der Waals surface area contributed by atoms with Gasteiger partial charge in [0.1, 0.15) is 5.75 Å². The Morgan fingerprint density at radius 2 is 1.77 bits per heavy atom. The second kappa shape index (κ2) is 7.91. The fraction of sp³-hybridized carbons (Fsp3) is 0.0800. The molecule has 6 nitrogen and oxygen atoms in total. The molecular weight excluding hydrogens is 388 g/mol. The van der Waals surface area contributed by atoms with Crippen LogP contribution in [0.1, 0.15) is 6.92 Å². The molecule has 0 atom stereocenters. The van der Waals surface area contributed by atoms with E-state index >= 15 is 0 Å². The van der Waals surface area contributed by atoms with Gasteiger partial charge in [0.15, 0.2) is 5.65 Å². The minimum atomic E-state index is -0.241. The summed E-state index contributed by atoms with van der Waals surface area (Å²) in [5, 5.41) is 5.86. The van der Waals surface area contributed by atoms with E-state index < -0.39 is 0 Å². The minimum absolute atomic E-state index is 0.241. The Bertz CT molecular complexity index is 1440. The highest BCUT2D eigenvalue weighted by Crippen LogP contribution is 2.28. The maximum atomic E-state index is 13.0. The van der Waals surface area contributed by atoms with Crippen LogP contribution in [0.25, 0.3) is 32.9 Å². The molecule has 0 saturated carbocycles. The number of ether oxygens (including phenoxy) is 1. The molecule has 0 aliphatic carbocycles. The van der Waals surface area contributed by atoms with Crippen molar-refractivity contribution in [1.82, 2.24) is 15.0 Å². The van der Waals surface area contributed by atoms with Crippen LogP contribution in [0.4, 0.5) is 11.6 Å². The van der Waals surface area contributed by atoms with Gasteiger partial charge in [-0.1, -0.05) is 36.4 Å². The summed E-state index contributed by atoms with van der Waals surface area (Å²) in [4.78, 5) is 24.7. The molecule has 5 aromatic rings. The van der Waals surface area contributed by atoms with Crippen LogP contribution in [-0.2, 0) is 0 Å². The molecule has 0 unspecified atom stereocenters. The normalized spacial score (nSPS) is 11.0. The van der Waals surface area contributed by atoms with Gasteiger partial charge in [-0.3, -0.25) is 9.78 Å². The van der Waals surface area contributed by atoms with Gasteiger partial charge in [-0.25, -0.2) is 4.98 Å². The Morgan fingerprint density at radius 3 is 2.58 bits per heavy atom. The largest absolute Gasteiger partial charge is 0.494 e.